The van der Waals surface area contributed by atoms with Crippen LogP contribution in [0.15, 0.2) is 18.5 Å². The van der Waals surface area contributed by atoms with Crippen molar-refractivity contribution in [3.05, 3.63) is 23.5 Å². The average molecular weight is 511 g/mol. The quantitative estimate of drug-likeness (QED) is 0.356. The molecule has 2 aliphatic rings. The molecule has 1 saturated heterocycles. The third kappa shape index (κ3) is 4.01. The number of nitrogens with two attached hydrogens (primary N) is 2. The van der Waals surface area contributed by atoms with E-state index < -0.39 is 23.3 Å². The summed E-state index contributed by atoms with van der Waals surface area (Å²) in [5.41, 5.74) is 11.7. The summed E-state index contributed by atoms with van der Waals surface area (Å²) in [7, 11) is 0. The number of carbonyl (C=O) groups is 1. The first kappa shape index (κ1) is 23.5. The van der Waals surface area contributed by atoms with E-state index in [1.807, 2.05) is 4.90 Å². The van der Waals surface area contributed by atoms with Gasteiger partial charge < -0.3 is 15.4 Å². The number of nitrogens with zero attached hydrogens (tertiary/aromatic N) is 5. The number of nitrogen functional groups attached to an aromatic ring is 1. The van der Waals surface area contributed by atoms with Crippen molar-refractivity contribution >= 4 is 40.4 Å². The smallest absolute Gasteiger partial charge is 0.437 e. The number of ether oxygens (including phenoxy) is 1. The predicted octanol–water partition coefficient (Wildman–Crippen LogP) is 3.18. The molecule has 4 heterocycles. The highest BCUT2D eigenvalue weighted by Gasteiger charge is 2.58. The molecular weight excluding hydrogens is 489 g/mol. The molecule has 3 aromatic heterocycles. The minimum atomic E-state index is -5.09. The molecule has 0 bridgehead atoms. The van der Waals surface area contributed by atoms with Crippen LogP contribution in [0.4, 0.5) is 24.8 Å². The van der Waals surface area contributed by atoms with Crippen molar-refractivity contribution in [2.45, 2.75) is 44.0 Å². The molecule has 1 saturated carbocycles. The second-order valence-corrected chi connectivity index (χ2v) is 9.39. The zero-order valence-electron chi connectivity index (χ0n) is 18.4. The minimum Gasteiger partial charge on any atom is -0.437 e. The molecule has 5 rings (SSSR count). The standard InChI is InChI=1S/C21H22ClF3N8O2/c22-12-9-28-13(26)8-11(12)15-16-17(32-31-15)30-14(10-29-16)33-6-4-19(5-7-33)2-1-3-20(19,27)35-18(34)21(23,24)25/h8-10H,1-7,27H2,(H2,26,28)(H,30,31,32)/t20-/m1/s1. The second-order valence-electron chi connectivity index (χ2n) is 8.99. The lowest BCUT2D eigenvalue weighted by Crippen LogP contribution is -2.59. The van der Waals surface area contributed by atoms with Gasteiger partial charge in [-0.1, -0.05) is 11.6 Å². The molecule has 186 valence electrons. The largest absolute Gasteiger partial charge is 0.490 e. The number of hydrogen-bond donors (Lipinski definition) is 3. The van der Waals surface area contributed by atoms with Gasteiger partial charge in [0.05, 0.1) is 16.9 Å². The van der Waals surface area contributed by atoms with Crippen LogP contribution in [0.25, 0.3) is 22.4 Å². The SMILES string of the molecule is Nc1cc(-c2[nH]nc3nc(N4CCC5(CCC[C@@]5(N)OC(=O)C(F)(F)F)CC4)cnc23)c(Cl)cn1. The summed E-state index contributed by atoms with van der Waals surface area (Å²) in [6, 6.07) is 1.61. The number of esters is 1. The lowest BCUT2D eigenvalue weighted by atomic mass is 9.72. The molecular formula is C21H22ClF3N8O2. The lowest BCUT2D eigenvalue weighted by Gasteiger charge is -2.47. The topological polar surface area (TPSA) is 149 Å². The van der Waals surface area contributed by atoms with Gasteiger partial charge in [-0.25, -0.2) is 19.7 Å². The molecule has 2 fully saturated rings. The Labute approximate surface area is 202 Å². The normalized spacial score (nSPS) is 22.1. The Bertz CT molecular complexity index is 1290. The number of halogens is 4. The highest BCUT2D eigenvalue weighted by Crippen LogP contribution is 2.53. The Kier molecular flexibility index (Phi) is 5.51. The number of nitrogens with one attached hydrogen (secondary N) is 1. The number of H-pyrrole nitrogens is 1. The van der Waals surface area contributed by atoms with Gasteiger partial charge >= 0.3 is 12.1 Å². The first-order chi connectivity index (χ1) is 16.5. The molecule has 1 aliphatic heterocycles. The molecule has 10 nitrogen and oxygen atoms in total. The van der Waals surface area contributed by atoms with Crippen LogP contribution in [0.5, 0.6) is 0 Å². The van der Waals surface area contributed by atoms with Crippen LogP contribution >= 0.6 is 11.6 Å². The fraction of sp³-hybridized carbons (Fsp3) is 0.476. The van der Waals surface area contributed by atoms with Crippen molar-refractivity contribution in [3.8, 4) is 11.3 Å². The van der Waals surface area contributed by atoms with Crippen LogP contribution in [-0.2, 0) is 9.53 Å². The average Bonchev–Trinajstić information content (AvgIpc) is 3.36. The number of alkyl halides is 3. The summed E-state index contributed by atoms with van der Waals surface area (Å²) in [5, 5.41) is 7.51. The van der Waals surface area contributed by atoms with Crippen molar-refractivity contribution < 1.29 is 22.7 Å². The van der Waals surface area contributed by atoms with Gasteiger partial charge in [0, 0.05) is 36.7 Å². The van der Waals surface area contributed by atoms with Crippen molar-refractivity contribution in [1.82, 2.24) is 25.1 Å². The van der Waals surface area contributed by atoms with E-state index in [0.29, 0.717) is 77.9 Å². The highest BCUT2D eigenvalue weighted by molar-refractivity contribution is 6.33. The predicted molar refractivity (Wildman–Crippen MR) is 121 cm³/mol. The van der Waals surface area contributed by atoms with E-state index in [1.54, 1.807) is 12.3 Å². The number of pyridine rings is 1. The monoisotopic (exact) mass is 510 g/mol. The van der Waals surface area contributed by atoms with E-state index in [1.165, 1.54) is 6.20 Å². The number of carbonyl (C=O) groups excluding carboxylic acids is 1. The summed E-state index contributed by atoms with van der Waals surface area (Å²) < 4.78 is 43.3. The molecule has 5 N–H and O–H groups in total. The van der Waals surface area contributed by atoms with Crippen molar-refractivity contribution in [1.29, 1.82) is 0 Å². The Morgan fingerprint density at radius 2 is 1.91 bits per heavy atom. The maximum atomic E-state index is 12.8. The van der Waals surface area contributed by atoms with Gasteiger partial charge in [-0.2, -0.15) is 18.3 Å². The van der Waals surface area contributed by atoms with Crippen LogP contribution in [0.2, 0.25) is 5.02 Å². The van der Waals surface area contributed by atoms with Crippen LogP contribution in [-0.4, -0.2) is 56.1 Å². The maximum Gasteiger partial charge on any atom is 0.490 e. The molecule has 3 aromatic rings. The van der Waals surface area contributed by atoms with Gasteiger partial charge in [0.1, 0.15) is 17.2 Å². The van der Waals surface area contributed by atoms with Crippen LogP contribution in [0.1, 0.15) is 32.1 Å². The first-order valence-corrected chi connectivity index (χ1v) is 11.4. The van der Waals surface area contributed by atoms with Crippen LogP contribution in [0, 0.1) is 5.41 Å². The number of rotatable bonds is 3. The van der Waals surface area contributed by atoms with Crippen molar-refractivity contribution in [2.75, 3.05) is 23.7 Å². The fourth-order valence-corrected chi connectivity index (χ4v) is 5.36. The third-order valence-electron chi connectivity index (χ3n) is 7.05. The van der Waals surface area contributed by atoms with Gasteiger partial charge in [-0.15, -0.1) is 0 Å². The molecule has 1 spiro atoms. The number of fused-ring (bicyclic) bond motifs is 1. The maximum absolute atomic E-state index is 12.8. The van der Waals surface area contributed by atoms with E-state index >= 15 is 0 Å². The highest BCUT2D eigenvalue weighted by atomic mass is 35.5. The zero-order valence-corrected chi connectivity index (χ0v) is 19.2. The number of aromatic amines is 1. The van der Waals surface area contributed by atoms with E-state index in [2.05, 4.69) is 25.1 Å². The molecule has 0 aromatic carbocycles. The molecule has 14 heteroatoms. The van der Waals surface area contributed by atoms with Gasteiger partial charge in [-0.05, 0) is 31.7 Å². The Hall–Kier alpha value is -3.19. The number of piperidine rings is 1. The molecule has 35 heavy (non-hydrogen) atoms. The summed E-state index contributed by atoms with van der Waals surface area (Å²) >= 11 is 6.25. The Morgan fingerprint density at radius 1 is 1.17 bits per heavy atom. The van der Waals surface area contributed by atoms with E-state index in [-0.39, 0.29) is 6.42 Å². The molecule has 0 radical (unpaired) electrons. The van der Waals surface area contributed by atoms with Crippen molar-refractivity contribution in [2.24, 2.45) is 11.1 Å². The molecule has 0 unspecified atom stereocenters. The molecule has 1 atom stereocenters. The van der Waals surface area contributed by atoms with Crippen LogP contribution in [0.3, 0.4) is 0 Å². The lowest BCUT2D eigenvalue weighted by molar-refractivity contribution is -0.224. The Morgan fingerprint density at radius 3 is 2.63 bits per heavy atom. The summed E-state index contributed by atoms with van der Waals surface area (Å²) in [6.45, 7) is 0.930. The van der Waals surface area contributed by atoms with Gasteiger partial charge in [-0.3, -0.25) is 10.8 Å². The zero-order chi connectivity index (χ0) is 25.0. The summed E-state index contributed by atoms with van der Waals surface area (Å²) in [4.78, 5) is 26.5. The van der Waals surface area contributed by atoms with Crippen molar-refractivity contribution in [3.63, 3.8) is 0 Å². The number of hydrogen-bond acceptors (Lipinski definition) is 9. The summed E-state index contributed by atoms with van der Waals surface area (Å²) in [5.74, 6) is -1.38. The second kappa shape index (κ2) is 8.19. The minimum absolute atomic E-state index is 0.193. The summed E-state index contributed by atoms with van der Waals surface area (Å²) in [6.07, 6.45) is 0.229. The van der Waals surface area contributed by atoms with E-state index in [4.69, 9.17) is 27.8 Å². The first-order valence-electron chi connectivity index (χ1n) is 11.0. The van der Waals surface area contributed by atoms with Gasteiger partial charge in [0.2, 0.25) is 5.65 Å². The number of aromatic nitrogens is 5. The van der Waals surface area contributed by atoms with Crippen LogP contribution < -0.4 is 16.4 Å². The van der Waals surface area contributed by atoms with E-state index in [0.717, 1.165) is 0 Å². The third-order valence-corrected chi connectivity index (χ3v) is 7.35. The molecule has 0 amide bonds. The molecule has 1 aliphatic carbocycles. The number of anilines is 2. The fourth-order valence-electron chi connectivity index (χ4n) is 5.16. The van der Waals surface area contributed by atoms with Gasteiger partial charge in [0.15, 0.2) is 5.72 Å². The Balaban J connectivity index is 1.35. The van der Waals surface area contributed by atoms with E-state index in [9.17, 15) is 18.0 Å². The van der Waals surface area contributed by atoms with Gasteiger partial charge in [0.25, 0.3) is 0 Å².